The van der Waals surface area contributed by atoms with E-state index in [1.165, 1.54) is 12.8 Å². The third-order valence-corrected chi connectivity index (χ3v) is 3.34. The minimum Gasteiger partial charge on any atom is -0.337 e. The molecular weight excluding hydrogens is 228 g/mol. The Bertz CT molecular complexity index is 395. The highest BCUT2D eigenvalue weighted by Gasteiger charge is 2.22. The number of amides is 1. The van der Waals surface area contributed by atoms with Crippen LogP contribution in [0.15, 0.2) is 12.4 Å². The standard InChI is InChI=1S/C13H22N4O/c1-3-7-17(10-12-5-4-6-14-12)13(18)11-8-15-16(2)9-11/h8-9,12,14H,3-7,10H2,1-2H3. The molecule has 0 aliphatic carbocycles. The van der Waals surface area contributed by atoms with E-state index in [-0.39, 0.29) is 5.91 Å². The average Bonchev–Trinajstić information content (AvgIpc) is 2.99. The summed E-state index contributed by atoms with van der Waals surface area (Å²) >= 11 is 0. The predicted octanol–water partition coefficient (Wildman–Crippen LogP) is 1.02. The molecule has 0 spiro atoms. The zero-order valence-corrected chi connectivity index (χ0v) is 11.2. The zero-order chi connectivity index (χ0) is 13.0. The molecule has 0 radical (unpaired) electrons. The van der Waals surface area contributed by atoms with Gasteiger partial charge in [-0.15, -0.1) is 0 Å². The first-order valence-electron chi connectivity index (χ1n) is 6.72. The summed E-state index contributed by atoms with van der Waals surface area (Å²) in [6.45, 7) is 4.80. The summed E-state index contributed by atoms with van der Waals surface area (Å²) in [6, 6.07) is 0.456. The van der Waals surface area contributed by atoms with Crippen molar-refractivity contribution >= 4 is 5.91 Å². The van der Waals surface area contributed by atoms with Gasteiger partial charge in [0.15, 0.2) is 0 Å². The van der Waals surface area contributed by atoms with E-state index in [1.54, 1.807) is 17.1 Å². The molecule has 1 fully saturated rings. The Kier molecular flexibility index (Phi) is 4.36. The van der Waals surface area contributed by atoms with E-state index in [4.69, 9.17) is 0 Å². The fourth-order valence-corrected chi connectivity index (χ4v) is 2.44. The van der Waals surface area contributed by atoms with Crippen LogP contribution >= 0.6 is 0 Å². The van der Waals surface area contributed by atoms with Gasteiger partial charge in [-0.1, -0.05) is 6.92 Å². The number of aromatic nitrogens is 2. The molecule has 1 aromatic rings. The highest BCUT2D eigenvalue weighted by Crippen LogP contribution is 2.10. The number of nitrogens with one attached hydrogen (secondary N) is 1. The molecule has 1 unspecified atom stereocenters. The van der Waals surface area contributed by atoms with Crippen LogP contribution in [0.2, 0.25) is 0 Å². The molecule has 5 nitrogen and oxygen atoms in total. The number of hydrogen-bond donors (Lipinski definition) is 1. The topological polar surface area (TPSA) is 50.2 Å². The predicted molar refractivity (Wildman–Crippen MR) is 70.4 cm³/mol. The summed E-state index contributed by atoms with van der Waals surface area (Å²) in [4.78, 5) is 14.3. The van der Waals surface area contributed by atoms with Crippen molar-refractivity contribution < 1.29 is 4.79 Å². The Morgan fingerprint density at radius 2 is 2.50 bits per heavy atom. The second-order valence-corrected chi connectivity index (χ2v) is 4.95. The minimum absolute atomic E-state index is 0.0960. The van der Waals surface area contributed by atoms with Gasteiger partial charge in [0.1, 0.15) is 0 Å². The molecule has 1 amide bonds. The molecule has 0 aromatic carbocycles. The van der Waals surface area contributed by atoms with Gasteiger partial charge in [-0.05, 0) is 25.8 Å². The van der Waals surface area contributed by atoms with Gasteiger partial charge in [-0.3, -0.25) is 9.48 Å². The molecule has 2 heterocycles. The lowest BCUT2D eigenvalue weighted by molar-refractivity contribution is 0.0742. The second kappa shape index (κ2) is 6.00. The Morgan fingerprint density at radius 3 is 3.06 bits per heavy atom. The smallest absolute Gasteiger partial charge is 0.257 e. The van der Waals surface area contributed by atoms with Gasteiger partial charge in [0.2, 0.25) is 0 Å². The average molecular weight is 250 g/mol. The van der Waals surface area contributed by atoms with Crippen molar-refractivity contribution in [3.63, 3.8) is 0 Å². The first-order valence-corrected chi connectivity index (χ1v) is 6.72. The molecule has 5 heteroatoms. The minimum atomic E-state index is 0.0960. The molecule has 1 N–H and O–H groups in total. The summed E-state index contributed by atoms with van der Waals surface area (Å²) in [5, 5.41) is 7.51. The van der Waals surface area contributed by atoms with Crippen LogP contribution in [-0.2, 0) is 7.05 Å². The fourth-order valence-electron chi connectivity index (χ4n) is 2.44. The highest BCUT2D eigenvalue weighted by molar-refractivity contribution is 5.93. The summed E-state index contributed by atoms with van der Waals surface area (Å²) < 4.78 is 1.67. The van der Waals surface area contributed by atoms with Crippen LogP contribution in [0.4, 0.5) is 0 Å². The van der Waals surface area contributed by atoms with Crippen molar-refractivity contribution in [3.8, 4) is 0 Å². The lowest BCUT2D eigenvalue weighted by Gasteiger charge is -2.25. The number of carbonyl (C=O) groups excluding carboxylic acids is 1. The van der Waals surface area contributed by atoms with Gasteiger partial charge in [0.05, 0.1) is 11.8 Å². The van der Waals surface area contributed by atoms with Crippen LogP contribution in [0.25, 0.3) is 0 Å². The Labute approximate surface area is 108 Å². The number of carbonyl (C=O) groups is 1. The van der Waals surface area contributed by atoms with E-state index in [0.29, 0.717) is 11.6 Å². The van der Waals surface area contributed by atoms with E-state index in [2.05, 4.69) is 17.3 Å². The maximum atomic E-state index is 12.4. The summed E-state index contributed by atoms with van der Waals surface area (Å²) in [5.74, 6) is 0.0960. The van der Waals surface area contributed by atoms with Gasteiger partial charge in [0, 0.05) is 32.4 Å². The molecule has 1 atom stereocenters. The summed E-state index contributed by atoms with van der Waals surface area (Å²) in [7, 11) is 1.83. The van der Waals surface area contributed by atoms with Gasteiger partial charge < -0.3 is 10.2 Å². The van der Waals surface area contributed by atoms with Crippen LogP contribution in [0.3, 0.4) is 0 Å². The lowest BCUT2D eigenvalue weighted by Crippen LogP contribution is -2.41. The molecule has 100 valence electrons. The summed E-state index contributed by atoms with van der Waals surface area (Å²) in [5.41, 5.74) is 0.684. The van der Waals surface area contributed by atoms with Crippen LogP contribution < -0.4 is 5.32 Å². The number of nitrogens with zero attached hydrogens (tertiary/aromatic N) is 3. The molecular formula is C13H22N4O. The molecule has 1 aliphatic rings. The monoisotopic (exact) mass is 250 g/mol. The van der Waals surface area contributed by atoms with Gasteiger partial charge >= 0.3 is 0 Å². The number of hydrogen-bond acceptors (Lipinski definition) is 3. The molecule has 2 rings (SSSR count). The second-order valence-electron chi connectivity index (χ2n) is 4.95. The highest BCUT2D eigenvalue weighted by atomic mass is 16.2. The van der Waals surface area contributed by atoms with Crippen LogP contribution in [0.5, 0.6) is 0 Å². The van der Waals surface area contributed by atoms with E-state index in [1.807, 2.05) is 11.9 Å². The summed E-state index contributed by atoms with van der Waals surface area (Å²) in [6.07, 6.45) is 6.80. The Hall–Kier alpha value is -1.36. The van der Waals surface area contributed by atoms with Crippen molar-refractivity contribution in [1.29, 1.82) is 0 Å². The Morgan fingerprint density at radius 1 is 1.67 bits per heavy atom. The Balaban J connectivity index is 2.01. The van der Waals surface area contributed by atoms with Crippen LogP contribution in [0, 0.1) is 0 Å². The molecule has 0 saturated carbocycles. The maximum Gasteiger partial charge on any atom is 0.257 e. The van der Waals surface area contributed by atoms with Gasteiger partial charge in [0.25, 0.3) is 5.91 Å². The first kappa shape index (κ1) is 13.1. The molecule has 1 aromatic heterocycles. The number of aryl methyl sites for hydroxylation is 1. The molecule has 18 heavy (non-hydrogen) atoms. The molecule has 0 bridgehead atoms. The number of rotatable bonds is 5. The van der Waals surface area contributed by atoms with Crippen molar-refractivity contribution in [2.24, 2.45) is 7.05 Å². The van der Waals surface area contributed by atoms with Crippen LogP contribution in [0.1, 0.15) is 36.5 Å². The van der Waals surface area contributed by atoms with Crippen molar-refractivity contribution in [2.75, 3.05) is 19.6 Å². The van der Waals surface area contributed by atoms with E-state index in [0.717, 1.165) is 26.1 Å². The third-order valence-electron chi connectivity index (χ3n) is 3.34. The van der Waals surface area contributed by atoms with Gasteiger partial charge in [-0.25, -0.2) is 0 Å². The lowest BCUT2D eigenvalue weighted by atomic mass is 10.2. The molecule has 1 saturated heterocycles. The fraction of sp³-hybridized carbons (Fsp3) is 0.692. The maximum absolute atomic E-state index is 12.4. The molecule has 1 aliphatic heterocycles. The van der Waals surface area contributed by atoms with E-state index in [9.17, 15) is 4.79 Å². The van der Waals surface area contributed by atoms with Crippen molar-refractivity contribution in [2.45, 2.75) is 32.2 Å². The normalized spacial score (nSPS) is 19.1. The third kappa shape index (κ3) is 3.10. The first-order chi connectivity index (χ1) is 8.70. The van der Waals surface area contributed by atoms with Crippen LogP contribution in [-0.4, -0.2) is 46.3 Å². The largest absolute Gasteiger partial charge is 0.337 e. The van der Waals surface area contributed by atoms with E-state index >= 15 is 0 Å². The quantitative estimate of drug-likeness (QED) is 0.849. The van der Waals surface area contributed by atoms with Gasteiger partial charge in [-0.2, -0.15) is 5.10 Å². The van der Waals surface area contributed by atoms with E-state index < -0.39 is 0 Å². The van der Waals surface area contributed by atoms with Crippen molar-refractivity contribution in [3.05, 3.63) is 18.0 Å². The SMILES string of the molecule is CCCN(CC1CCCN1)C(=O)c1cnn(C)c1. The zero-order valence-electron chi connectivity index (χ0n) is 11.2. The van der Waals surface area contributed by atoms with Crippen molar-refractivity contribution in [1.82, 2.24) is 20.0 Å².